The Bertz CT molecular complexity index is 1130. The van der Waals surface area contributed by atoms with Crippen LogP contribution in [0.5, 0.6) is 0 Å². The second-order valence-electron chi connectivity index (χ2n) is 8.35. The van der Waals surface area contributed by atoms with E-state index in [9.17, 15) is 14.7 Å². The van der Waals surface area contributed by atoms with Crippen LogP contribution in [0.2, 0.25) is 0 Å². The molecule has 5 nitrogen and oxygen atoms in total. The average Bonchev–Trinajstić information content (AvgIpc) is 2.91. The summed E-state index contributed by atoms with van der Waals surface area (Å²) < 4.78 is 0. The second-order valence-corrected chi connectivity index (χ2v) is 8.35. The Kier molecular flexibility index (Phi) is 7.70. The van der Waals surface area contributed by atoms with Gasteiger partial charge in [-0.1, -0.05) is 121 Å². The van der Waals surface area contributed by atoms with E-state index in [1.54, 1.807) is 0 Å². The van der Waals surface area contributed by atoms with E-state index in [0.717, 1.165) is 22.3 Å². The number of benzene rings is 4. The molecule has 4 rings (SSSR count). The van der Waals surface area contributed by atoms with Gasteiger partial charge in [-0.2, -0.15) is 0 Å². The van der Waals surface area contributed by atoms with Crippen LogP contribution in [0.4, 0.5) is 0 Å². The van der Waals surface area contributed by atoms with Gasteiger partial charge in [0.25, 0.3) is 0 Å². The number of carbonyl (C=O) groups is 2. The van der Waals surface area contributed by atoms with Crippen molar-refractivity contribution in [3.63, 3.8) is 0 Å². The van der Waals surface area contributed by atoms with Crippen LogP contribution in [-0.2, 0) is 21.5 Å². The third-order valence-corrected chi connectivity index (χ3v) is 6.05. The van der Waals surface area contributed by atoms with Gasteiger partial charge in [0.1, 0.15) is 6.04 Å². The quantitative estimate of drug-likeness (QED) is 0.305. The number of nitrogens with one attached hydrogen (secondary N) is 2. The maximum Gasteiger partial charge on any atom is 0.326 e. The van der Waals surface area contributed by atoms with Crippen LogP contribution in [0.15, 0.2) is 121 Å². The lowest BCUT2D eigenvalue weighted by Crippen LogP contribution is -2.51. The van der Waals surface area contributed by atoms with E-state index in [4.69, 9.17) is 0 Å². The number of carboxylic acid groups (broad SMARTS) is 1. The summed E-state index contributed by atoms with van der Waals surface area (Å²) >= 11 is 0. The summed E-state index contributed by atoms with van der Waals surface area (Å²) in [6.45, 7) is -0.0722. The molecule has 0 radical (unpaired) electrons. The van der Waals surface area contributed by atoms with E-state index < -0.39 is 17.6 Å². The maximum atomic E-state index is 13.1. The van der Waals surface area contributed by atoms with Gasteiger partial charge in [-0.3, -0.25) is 10.1 Å². The van der Waals surface area contributed by atoms with E-state index in [1.807, 2.05) is 121 Å². The molecule has 0 aliphatic heterocycles. The molecule has 3 N–H and O–H groups in total. The Balaban J connectivity index is 1.64. The lowest BCUT2D eigenvalue weighted by atomic mass is 9.77. The third kappa shape index (κ3) is 5.65. The van der Waals surface area contributed by atoms with Crippen molar-refractivity contribution >= 4 is 11.9 Å². The van der Waals surface area contributed by atoms with Crippen LogP contribution in [-0.4, -0.2) is 29.6 Å². The molecule has 5 heteroatoms. The van der Waals surface area contributed by atoms with Gasteiger partial charge in [0.2, 0.25) is 5.91 Å². The molecular formula is C30H28N2O3. The fourth-order valence-corrected chi connectivity index (χ4v) is 4.38. The summed E-state index contributed by atoms with van der Waals surface area (Å²) in [6, 6.07) is 38.1. The number of hydrogen-bond donors (Lipinski definition) is 3. The van der Waals surface area contributed by atoms with E-state index in [0.29, 0.717) is 0 Å². The van der Waals surface area contributed by atoms with E-state index in [-0.39, 0.29) is 18.9 Å². The predicted molar refractivity (Wildman–Crippen MR) is 137 cm³/mol. The Morgan fingerprint density at radius 1 is 0.657 bits per heavy atom. The fraction of sp³-hybridized carbons (Fsp3) is 0.133. The van der Waals surface area contributed by atoms with Gasteiger partial charge < -0.3 is 10.4 Å². The smallest absolute Gasteiger partial charge is 0.326 e. The van der Waals surface area contributed by atoms with Crippen LogP contribution in [0.25, 0.3) is 0 Å². The van der Waals surface area contributed by atoms with Gasteiger partial charge in [0.15, 0.2) is 0 Å². The highest BCUT2D eigenvalue weighted by molar-refractivity contribution is 5.85. The van der Waals surface area contributed by atoms with Gasteiger partial charge in [-0.15, -0.1) is 0 Å². The number of carboxylic acids is 1. The molecule has 1 atom stereocenters. The van der Waals surface area contributed by atoms with Crippen LogP contribution in [0.1, 0.15) is 22.3 Å². The molecule has 0 aromatic heterocycles. The van der Waals surface area contributed by atoms with Gasteiger partial charge in [0, 0.05) is 6.42 Å². The Hall–Kier alpha value is -4.22. The first-order valence-corrected chi connectivity index (χ1v) is 11.6. The van der Waals surface area contributed by atoms with Crippen LogP contribution >= 0.6 is 0 Å². The standard InChI is InChI=1S/C30H28N2O3/c33-28(32-27(29(34)35)21-23-13-5-1-6-14-23)22-31-30(24-15-7-2-8-16-24,25-17-9-3-10-18-25)26-19-11-4-12-20-26/h1-20,27,31H,21-22H2,(H,32,33)(H,34,35)/t27-/m0/s1. The first kappa shape index (κ1) is 23.9. The molecule has 0 saturated heterocycles. The topological polar surface area (TPSA) is 78.4 Å². The Labute approximate surface area is 205 Å². The molecule has 4 aromatic carbocycles. The van der Waals surface area contributed by atoms with Gasteiger partial charge >= 0.3 is 5.97 Å². The van der Waals surface area contributed by atoms with Crippen molar-refractivity contribution in [2.45, 2.75) is 18.0 Å². The zero-order chi connectivity index (χ0) is 24.5. The van der Waals surface area contributed by atoms with Crippen molar-refractivity contribution in [3.8, 4) is 0 Å². The van der Waals surface area contributed by atoms with Crippen molar-refractivity contribution in [1.82, 2.24) is 10.6 Å². The second kappa shape index (κ2) is 11.3. The lowest BCUT2D eigenvalue weighted by Gasteiger charge is -2.37. The summed E-state index contributed by atoms with van der Waals surface area (Å²) in [4.78, 5) is 24.9. The molecule has 35 heavy (non-hydrogen) atoms. The highest BCUT2D eigenvalue weighted by atomic mass is 16.4. The first-order valence-electron chi connectivity index (χ1n) is 11.6. The fourth-order valence-electron chi connectivity index (χ4n) is 4.38. The zero-order valence-electron chi connectivity index (χ0n) is 19.3. The van der Waals surface area contributed by atoms with Crippen LogP contribution < -0.4 is 10.6 Å². The molecule has 0 saturated carbocycles. The number of aliphatic carboxylic acids is 1. The third-order valence-electron chi connectivity index (χ3n) is 6.05. The minimum Gasteiger partial charge on any atom is -0.480 e. The normalized spacial score (nSPS) is 12.0. The van der Waals surface area contributed by atoms with Crippen molar-refractivity contribution in [2.75, 3.05) is 6.54 Å². The van der Waals surface area contributed by atoms with Gasteiger partial charge in [0.05, 0.1) is 12.1 Å². The predicted octanol–water partition coefficient (Wildman–Crippen LogP) is 4.38. The largest absolute Gasteiger partial charge is 0.480 e. The SMILES string of the molecule is O=C(CNC(c1ccccc1)(c1ccccc1)c1ccccc1)N[C@@H](Cc1ccccc1)C(=O)O. The molecule has 0 unspecified atom stereocenters. The minimum atomic E-state index is -1.07. The van der Waals surface area contributed by atoms with Crippen molar-refractivity contribution in [2.24, 2.45) is 0 Å². The number of hydrogen-bond acceptors (Lipinski definition) is 3. The van der Waals surface area contributed by atoms with Crippen molar-refractivity contribution in [3.05, 3.63) is 144 Å². The van der Waals surface area contributed by atoms with E-state index in [1.165, 1.54) is 0 Å². The minimum absolute atomic E-state index is 0.0722. The molecule has 1 amide bonds. The Morgan fingerprint density at radius 3 is 1.46 bits per heavy atom. The molecule has 0 aliphatic rings. The zero-order valence-corrected chi connectivity index (χ0v) is 19.3. The van der Waals surface area contributed by atoms with Crippen LogP contribution in [0, 0.1) is 0 Å². The summed E-state index contributed by atoms with van der Waals surface area (Å²) in [5, 5.41) is 15.9. The molecule has 0 aliphatic carbocycles. The highest BCUT2D eigenvalue weighted by Crippen LogP contribution is 2.36. The van der Waals surface area contributed by atoms with Gasteiger partial charge in [-0.25, -0.2) is 4.79 Å². The summed E-state index contributed by atoms with van der Waals surface area (Å²) in [6.07, 6.45) is 0.211. The molecule has 0 fully saturated rings. The summed E-state index contributed by atoms with van der Waals surface area (Å²) in [7, 11) is 0. The van der Waals surface area contributed by atoms with Crippen molar-refractivity contribution < 1.29 is 14.7 Å². The average molecular weight is 465 g/mol. The van der Waals surface area contributed by atoms with E-state index >= 15 is 0 Å². The summed E-state index contributed by atoms with van der Waals surface area (Å²) in [5.74, 6) is -1.46. The molecule has 0 bridgehead atoms. The van der Waals surface area contributed by atoms with Crippen LogP contribution in [0.3, 0.4) is 0 Å². The maximum absolute atomic E-state index is 13.1. The van der Waals surface area contributed by atoms with Crippen molar-refractivity contribution in [1.29, 1.82) is 0 Å². The molecule has 176 valence electrons. The summed E-state index contributed by atoms with van der Waals surface area (Å²) in [5.41, 5.74) is 2.97. The lowest BCUT2D eigenvalue weighted by molar-refractivity contribution is -0.141. The molecule has 0 spiro atoms. The van der Waals surface area contributed by atoms with Gasteiger partial charge in [-0.05, 0) is 22.3 Å². The molecule has 4 aromatic rings. The molecular weight excluding hydrogens is 436 g/mol. The monoisotopic (exact) mass is 464 g/mol. The molecule has 0 heterocycles. The number of rotatable bonds is 10. The Morgan fingerprint density at radius 2 is 1.06 bits per heavy atom. The number of amides is 1. The number of carbonyl (C=O) groups excluding carboxylic acids is 1. The highest BCUT2D eigenvalue weighted by Gasteiger charge is 2.36. The first-order chi connectivity index (χ1) is 17.1. The van der Waals surface area contributed by atoms with E-state index in [2.05, 4.69) is 10.6 Å².